The molecule has 0 radical (unpaired) electrons. The number of rotatable bonds is 4. The van der Waals surface area contributed by atoms with Gasteiger partial charge in [-0.05, 0) is 18.8 Å². The standard InChI is InChI=1S/C15H26N4O/c1-10(2)13-14(16-3)17-9-18-15(13)19-11-7-5-4-6-8-12(11)20/h9-12,20H,4-8H2,1-3H3,(H2,16,17,18,19). The number of hydrogen-bond acceptors (Lipinski definition) is 5. The summed E-state index contributed by atoms with van der Waals surface area (Å²) in [7, 11) is 1.87. The molecule has 1 saturated carbocycles. The molecule has 1 heterocycles. The van der Waals surface area contributed by atoms with Crippen LogP contribution < -0.4 is 10.6 Å². The van der Waals surface area contributed by atoms with Gasteiger partial charge in [0.25, 0.3) is 0 Å². The summed E-state index contributed by atoms with van der Waals surface area (Å²) in [6, 6.07) is 0.0922. The van der Waals surface area contributed by atoms with Crippen LogP contribution in [0.3, 0.4) is 0 Å². The zero-order valence-electron chi connectivity index (χ0n) is 12.7. The average molecular weight is 278 g/mol. The van der Waals surface area contributed by atoms with Crippen LogP contribution in [0.4, 0.5) is 11.6 Å². The monoisotopic (exact) mass is 278 g/mol. The number of aromatic nitrogens is 2. The third-order valence-corrected chi connectivity index (χ3v) is 4.00. The molecular weight excluding hydrogens is 252 g/mol. The number of aliphatic hydroxyl groups excluding tert-OH is 1. The molecule has 5 nitrogen and oxygen atoms in total. The lowest BCUT2D eigenvalue weighted by molar-refractivity contribution is 0.144. The highest BCUT2D eigenvalue weighted by Gasteiger charge is 2.24. The summed E-state index contributed by atoms with van der Waals surface area (Å²) in [6.07, 6.45) is 6.64. The lowest BCUT2D eigenvalue weighted by Gasteiger charge is -2.25. The second-order valence-electron chi connectivity index (χ2n) is 5.85. The van der Waals surface area contributed by atoms with Crippen LogP contribution in [0, 0.1) is 0 Å². The van der Waals surface area contributed by atoms with Gasteiger partial charge in [0.05, 0.1) is 12.1 Å². The van der Waals surface area contributed by atoms with Gasteiger partial charge in [0.15, 0.2) is 0 Å². The third kappa shape index (κ3) is 3.39. The zero-order valence-corrected chi connectivity index (χ0v) is 12.7. The van der Waals surface area contributed by atoms with E-state index in [4.69, 9.17) is 0 Å². The van der Waals surface area contributed by atoms with Gasteiger partial charge in [-0.15, -0.1) is 0 Å². The van der Waals surface area contributed by atoms with Crippen LogP contribution >= 0.6 is 0 Å². The highest BCUT2D eigenvalue weighted by Crippen LogP contribution is 2.30. The predicted octanol–water partition coefficient (Wildman–Crippen LogP) is 2.75. The van der Waals surface area contributed by atoms with Crippen LogP contribution in [-0.4, -0.2) is 34.3 Å². The van der Waals surface area contributed by atoms with Gasteiger partial charge in [0.1, 0.15) is 18.0 Å². The minimum atomic E-state index is -0.287. The summed E-state index contributed by atoms with van der Waals surface area (Å²) in [5.74, 6) is 2.04. The first-order valence-electron chi connectivity index (χ1n) is 7.60. The van der Waals surface area contributed by atoms with Gasteiger partial charge in [-0.2, -0.15) is 0 Å². The fourth-order valence-electron chi connectivity index (χ4n) is 2.89. The molecule has 1 aromatic heterocycles. The number of nitrogens with one attached hydrogen (secondary N) is 2. The van der Waals surface area contributed by atoms with Crippen LogP contribution in [0.25, 0.3) is 0 Å². The van der Waals surface area contributed by atoms with E-state index in [-0.39, 0.29) is 12.1 Å². The van der Waals surface area contributed by atoms with Crippen molar-refractivity contribution in [1.82, 2.24) is 9.97 Å². The summed E-state index contributed by atoms with van der Waals surface area (Å²) < 4.78 is 0. The van der Waals surface area contributed by atoms with Gasteiger partial charge in [-0.3, -0.25) is 0 Å². The van der Waals surface area contributed by atoms with Crippen LogP contribution in [-0.2, 0) is 0 Å². The van der Waals surface area contributed by atoms with E-state index in [0.717, 1.165) is 42.9 Å². The van der Waals surface area contributed by atoms with Crippen molar-refractivity contribution >= 4 is 11.6 Å². The average Bonchev–Trinajstić information content (AvgIpc) is 2.63. The van der Waals surface area contributed by atoms with E-state index in [1.807, 2.05) is 7.05 Å². The molecule has 2 rings (SSSR count). The number of aliphatic hydroxyl groups is 1. The molecule has 0 saturated heterocycles. The first kappa shape index (κ1) is 15.0. The molecule has 0 aliphatic heterocycles. The molecule has 2 unspecified atom stereocenters. The van der Waals surface area contributed by atoms with Crippen molar-refractivity contribution in [3.63, 3.8) is 0 Å². The van der Waals surface area contributed by atoms with Crippen LogP contribution in [0.2, 0.25) is 0 Å². The van der Waals surface area contributed by atoms with Crippen molar-refractivity contribution in [3.05, 3.63) is 11.9 Å². The normalized spacial score (nSPS) is 23.4. The van der Waals surface area contributed by atoms with Gasteiger partial charge >= 0.3 is 0 Å². The summed E-state index contributed by atoms with van der Waals surface area (Å²) in [5, 5.41) is 16.8. The van der Waals surface area contributed by atoms with Gasteiger partial charge in [-0.25, -0.2) is 9.97 Å². The van der Waals surface area contributed by atoms with E-state index in [9.17, 15) is 5.11 Å². The van der Waals surface area contributed by atoms with E-state index >= 15 is 0 Å². The van der Waals surface area contributed by atoms with E-state index in [0.29, 0.717) is 5.92 Å². The number of anilines is 2. The summed E-state index contributed by atoms with van der Waals surface area (Å²) in [4.78, 5) is 8.68. The van der Waals surface area contributed by atoms with Crippen LogP contribution in [0.15, 0.2) is 6.33 Å². The van der Waals surface area contributed by atoms with Gasteiger partial charge in [0.2, 0.25) is 0 Å². The van der Waals surface area contributed by atoms with Gasteiger partial charge in [-0.1, -0.05) is 33.1 Å². The van der Waals surface area contributed by atoms with E-state index < -0.39 is 0 Å². The molecule has 20 heavy (non-hydrogen) atoms. The minimum absolute atomic E-state index is 0.0922. The lowest BCUT2D eigenvalue weighted by Crippen LogP contribution is -2.33. The van der Waals surface area contributed by atoms with Crippen molar-refractivity contribution in [3.8, 4) is 0 Å². The summed E-state index contributed by atoms with van der Waals surface area (Å²) >= 11 is 0. The maximum atomic E-state index is 10.2. The van der Waals surface area contributed by atoms with Crippen molar-refractivity contribution in [2.24, 2.45) is 0 Å². The summed E-state index contributed by atoms with van der Waals surface area (Å²) in [6.45, 7) is 4.27. The fraction of sp³-hybridized carbons (Fsp3) is 0.733. The Morgan fingerprint density at radius 1 is 1.15 bits per heavy atom. The Morgan fingerprint density at radius 3 is 2.55 bits per heavy atom. The predicted molar refractivity (Wildman–Crippen MR) is 82.2 cm³/mol. The van der Waals surface area contributed by atoms with Crippen LogP contribution in [0.1, 0.15) is 57.4 Å². The Labute approximate surface area is 121 Å². The third-order valence-electron chi connectivity index (χ3n) is 4.00. The molecule has 3 N–H and O–H groups in total. The molecule has 1 aromatic rings. The maximum Gasteiger partial charge on any atom is 0.135 e. The molecule has 1 aliphatic rings. The smallest absolute Gasteiger partial charge is 0.135 e. The Hall–Kier alpha value is -1.36. The first-order chi connectivity index (χ1) is 9.63. The molecule has 0 amide bonds. The van der Waals surface area contributed by atoms with E-state index in [2.05, 4.69) is 34.4 Å². The lowest BCUT2D eigenvalue weighted by atomic mass is 10.0. The maximum absolute atomic E-state index is 10.2. The van der Waals surface area contributed by atoms with Crippen molar-refractivity contribution in [2.75, 3.05) is 17.7 Å². The molecular formula is C15H26N4O. The molecule has 1 fully saturated rings. The molecule has 0 spiro atoms. The molecule has 5 heteroatoms. The second kappa shape index (κ2) is 6.88. The Balaban J connectivity index is 2.23. The van der Waals surface area contributed by atoms with Crippen molar-refractivity contribution in [1.29, 1.82) is 0 Å². The quantitative estimate of drug-likeness (QED) is 0.739. The largest absolute Gasteiger partial charge is 0.391 e. The topological polar surface area (TPSA) is 70.1 Å². The van der Waals surface area contributed by atoms with Crippen molar-refractivity contribution in [2.45, 2.75) is 64.0 Å². The highest BCUT2D eigenvalue weighted by atomic mass is 16.3. The Kier molecular flexibility index (Phi) is 5.17. The minimum Gasteiger partial charge on any atom is -0.391 e. The molecule has 112 valence electrons. The van der Waals surface area contributed by atoms with Crippen LogP contribution in [0.5, 0.6) is 0 Å². The Morgan fingerprint density at radius 2 is 1.85 bits per heavy atom. The summed E-state index contributed by atoms with van der Waals surface area (Å²) in [5.41, 5.74) is 1.09. The van der Waals surface area contributed by atoms with Gasteiger partial charge < -0.3 is 15.7 Å². The molecule has 2 atom stereocenters. The van der Waals surface area contributed by atoms with E-state index in [1.165, 1.54) is 6.42 Å². The SMILES string of the molecule is CNc1ncnc(NC2CCCCCC2O)c1C(C)C. The zero-order chi connectivity index (χ0) is 14.5. The fourth-order valence-corrected chi connectivity index (χ4v) is 2.89. The van der Waals surface area contributed by atoms with Gasteiger partial charge in [0, 0.05) is 12.6 Å². The second-order valence-corrected chi connectivity index (χ2v) is 5.85. The molecule has 0 bridgehead atoms. The first-order valence-corrected chi connectivity index (χ1v) is 7.60. The molecule has 0 aromatic carbocycles. The van der Waals surface area contributed by atoms with E-state index in [1.54, 1.807) is 6.33 Å². The Bertz CT molecular complexity index is 436. The number of nitrogens with zero attached hydrogens (tertiary/aromatic N) is 2. The molecule has 1 aliphatic carbocycles. The number of hydrogen-bond donors (Lipinski definition) is 3. The van der Waals surface area contributed by atoms with Crippen molar-refractivity contribution < 1.29 is 5.11 Å². The highest BCUT2D eigenvalue weighted by molar-refractivity contribution is 5.59.